The zero-order valence-electron chi connectivity index (χ0n) is 17.3. The second-order valence-electron chi connectivity index (χ2n) is 8.31. The van der Waals surface area contributed by atoms with E-state index in [1.54, 1.807) is 12.4 Å². The highest BCUT2D eigenvalue weighted by Crippen LogP contribution is 2.36. The van der Waals surface area contributed by atoms with E-state index >= 15 is 0 Å². The number of carbonyl (C=O) groups is 1. The highest BCUT2D eigenvalue weighted by atomic mass is 16.3. The SMILES string of the molecule is O=C(c1ccccc1-c1ncc[nH]1)N1CCC[C@@](CO)(CCCc2ccccc2)C1. The van der Waals surface area contributed by atoms with Gasteiger partial charge in [-0.2, -0.15) is 0 Å². The molecule has 2 N–H and O–H groups in total. The maximum atomic E-state index is 13.4. The molecule has 1 aliphatic rings. The third-order valence-electron chi connectivity index (χ3n) is 6.21. The first-order valence-electron chi connectivity index (χ1n) is 10.7. The Balaban J connectivity index is 1.47. The fourth-order valence-corrected chi connectivity index (χ4v) is 4.56. The Hall–Kier alpha value is -2.92. The lowest BCUT2D eigenvalue weighted by Gasteiger charge is -2.42. The number of benzene rings is 2. The summed E-state index contributed by atoms with van der Waals surface area (Å²) in [6, 6.07) is 18.1. The number of aliphatic hydroxyl groups excluding tert-OH is 1. The minimum absolute atomic E-state index is 0.0163. The van der Waals surface area contributed by atoms with Gasteiger partial charge in [0.25, 0.3) is 5.91 Å². The minimum atomic E-state index is -0.220. The molecule has 1 amide bonds. The Bertz CT molecular complexity index is 956. The van der Waals surface area contributed by atoms with Crippen LogP contribution in [-0.4, -0.2) is 45.6 Å². The summed E-state index contributed by atoms with van der Waals surface area (Å²) < 4.78 is 0. The van der Waals surface area contributed by atoms with Gasteiger partial charge in [0.1, 0.15) is 5.82 Å². The molecule has 0 aliphatic carbocycles. The highest BCUT2D eigenvalue weighted by Gasteiger charge is 2.37. The van der Waals surface area contributed by atoms with Crippen LogP contribution in [0, 0.1) is 5.41 Å². The van der Waals surface area contributed by atoms with Crippen molar-refractivity contribution in [1.29, 1.82) is 0 Å². The van der Waals surface area contributed by atoms with Gasteiger partial charge < -0.3 is 15.0 Å². The molecule has 5 heteroatoms. The fraction of sp³-hybridized carbons (Fsp3) is 0.360. The van der Waals surface area contributed by atoms with Crippen LogP contribution in [0.15, 0.2) is 67.0 Å². The normalized spacial score (nSPS) is 19.0. The molecule has 0 saturated carbocycles. The molecule has 1 atom stereocenters. The number of hydrogen-bond acceptors (Lipinski definition) is 3. The van der Waals surface area contributed by atoms with Crippen molar-refractivity contribution in [3.8, 4) is 11.4 Å². The van der Waals surface area contributed by atoms with E-state index in [0.29, 0.717) is 17.9 Å². The first kappa shape index (κ1) is 20.4. The first-order chi connectivity index (χ1) is 14.7. The molecular weight excluding hydrogens is 374 g/mol. The number of nitrogens with one attached hydrogen (secondary N) is 1. The van der Waals surface area contributed by atoms with Crippen LogP contribution in [0.3, 0.4) is 0 Å². The number of piperidine rings is 1. The number of aryl methyl sites for hydroxylation is 1. The van der Waals surface area contributed by atoms with E-state index in [1.807, 2.05) is 35.2 Å². The number of rotatable bonds is 7. The molecule has 30 heavy (non-hydrogen) atoms. The van der Waals surface area contributed by atoms with Crippen molar-refractivity contribution in [2.45, 2.75) is 32.1 Å². The van der Waals surface area contributed by atoms with Gasteiger partial charge in [0, 0.05) is 36.5 Å². The monoisotopic (exact) mass is 403 g/mol. The van der Waals surface area contributed by atoms with Gasteiger partial charge in [0.2, 0.25) is 0 Å². The van der Waals surface area contributed by atoms with Gasteiger partial charge >= 0.3 is 0 Å². The van der Waals surface area contributed by atoms with Crippen LogP contribution < -0.4 is 0 Å². The maximum Gasteiger partial charge on any atom is 0.254 e. The highest BCUT2D eigenvalue weighted by molar-refractivity contribution is 6.00. The van der Waals surface area contributed by atoms with Crippen LogP contribution in [0.1, 0.15) is 41.6 Å². The lowest BCUT2D eigenvalue weighted by Crippen LogP contribution is -2.48. The second-order valence-corrected chi connectivity index (χ2v) is 8.31. The van der Waals surface area contributed by atoms with Crippen molar-refractivity contribution < 1.29 is 9.90 Å². The Kier molecular flexibility index (Phi) is 6.29. The number of imidazole rings is 1. The molecule has 2 heterocycles. The van der Waals surface area contributed by atoms with E-state index in [9.17, 15) is 9.90 Å². The first-order valence-corrected chi connectivity index (χ1v) is 10.7. The average Bonchev–Trinajstić information content (AvgIpc) is 3.34. The molecule has 1 fully saturated rings. The van der Waals surface area contributed by atoms with Gasteiger partial charge in [0.15, 0.2) is 0 Å². The van der Waals surface area contributed by atoms with E-state index in [-0.39, 0.29) is 17.9 Å². The van der Waals surface area contributed by atoms with Crippen molar-refractivity contribution >= 4 is 5.91 Å². The van der Waals surface area contributed by atoms with Gasteiger partial charge in [-0.05, 0) is 43.7 Å². The standard InChI is InChI=1S/C25H29N3O2/c29-19-25(13-6-10-20-8-2-1-3-9-20)14-7-17-28(18-25)24(30)22-12-5-4-11-21(22)23-26-15-16-27-23/h1-5,8-9,11-12,15-16,29H,6-7,10,13-14,17-19H2,(H,26,27)/t25-/m0/s1. The molecule has 3 aromatic rings. The number of likely N-dealkylation sites (tertiary alicyclic amines) is 1. The summed E-state index contributed by atoms with van der Waals surface area (Å²) in [6.45, 7) is 1.45. The zero-order chi connectivity index (χ0) is 20.8. The molecule has 0 unspecified atom stereocenters. The molecule has 5 nitrogen and oxygen atoms in total. The van der Waals surface area contributed by atoms with Crippen LogP contribution in [0.4, 0.5) is 0 Å². The number of aromatic amines is 1. The maximum absolute atomic E-state index is 13.4. The van der Waals surface area contributed by atoms with Gasteiger partial charge in [-0.25, -0.2) is 4.98 Å². The van der Waals surface area contributed by atoms with E-state index in [4.69, 9.17) is 0 Å². The Morgan fingerprint density at radius 2 is 1.93 bits per heavy atom. The molecule has 156 valence electrons. The molecule has 0 radical (unpaired) electrons. The molecule has 4 rings (SSSR count). The lowest BCUT2D eigenvalue weighted by atomic mass is 9.76. The van der Waals surface area contributed by atoms with Crippen molar-refractivity contribution in [3.05, 3.63) is 78.1 Å². The minimum Gasteiger partial charge on any atom is -0.396 e. The van der Waals surface area contributed by atoms with Crippen LogP contribution in [0.25, 0.3) is 11.4 Å². The Labute approximate surface area is 177 Å². The van der Waals surface area contributed by atoms with E-state index in [0.717, 1.165) is 44.2 Å². The summed E-state index contributed by atoms with van der Waals surface area (Å²) in [4.78, 5) is 22.8. The number of hydrogen-bond donors (Lipinski definition) is 2. The van der Waals surface area contributed by atoms with Crippen LogP contribution in [0.5, 0.6) is 0 Å². The summed E-state index contributed by atoms with van der Waals surface area (Å²) in [5, 5.41) is 10.3. The molecule has 2 aromatic carbocycles. The van der Waals surface area contributed by atoms with Crippen molar-refractivity contribution in [2.24, 2.45) is 5.41 Å². The number of H-pyrrole nitrogens is 1. The molecule has 1 saturated heterocycles. The van der Waals surface area contributed by atoms with Gasteiger partial charge in [-0.15, -0.1) is 0 Å². The molecular formula is C25H29N3O2. The van der Waals surface area contributed by atoms with Crippen LogP contribution in [0.2, 0.25) is 0 Å². The Morgan fingerprint density at radius 1 is 1.13 bits per heavy atom. The predicted molar refractivity (Wildman–Crippen MR) is 118 cm³/mol. The zero-order valence-corrected chi connectivity index (χ0v) is 17.3. The molecule has 1 aliphatic heterocycles. The average molecular weight is 404 g/mol. The van der Waals surface area contributed by atoms with Crippen molar-refractivity contribution in [3.63, 3.8) is 0 Å². The van der Waals surface area contributed by atoms with Gasteiger partial charge in [-0.3, -0.25) is 4.79 Å². The van der Waals surface area contributed by atoms with Gasteiger partial charge in [0.05, 0.1) is 12.2 Å². The van der Waals surface area contributed by atoms with E-state index < -0.39 is 0 Å². The third-order valence-corrected chi connectivity index (χ3v) is 6.21. The summed E-state index contributed by atoms with van der Waals surface area (Å²) >= 11 is 0. The topological polar surface area (TPSA) is 69.2 Å². The lowest BCUT2D eigenvalue weighted by molar-refractivity contribution is 0.0217. The molecule has 0 spiro atoms. The van der Waals surface area contributed by atoms with Crippen LogP contribution >= 0.6 is 0 Å². The quantitative estimate of drug-likeness (QED) is 0.617. The summed E-state index contributed by atoms with van der Waals surface area (Å²) in [5.41, 5.74) is 2.58. The number of aliphatic hydroxyl groups is 1. The molecule has 0 bridgehead atoms. The van der Waals surface area contributed by atoms with Crippen molar-refractivity contribution in [2.75, 3.05) is 19.7 Å². The Morgan fingerprint density at radius 3 is 2.70 bits per heavy atom. The fourth-order valence-electron chi connectivity index (χ4n) is 4.56. The number of nitrogens with zero attached hydrogens (tertiary/aromatic N) is 2. The number of amides is 1. The smallest absolute Gasteiger partial charge is 0.254 e. The number of aromatic nitrogens is 2. The van der Waals surface area contributed by atoms with E-state index in [2.05, 4.69) is 34.2 Å². The molecule has 1 aromatic heterocycles. The van der Waals surface area contributed by atoms with Gasteiger partial charge in [-0.1, -0.05) is 48.5 Å². The predicted octanol–water partition coefficient (Wildman–Crippen LogP) is 4.31. The second kappa shape index (κ2) is 9.26. The van der Waals surface area contributed by atoms with Crippen molar-refractivity contribution in [1.82, 2.24) is 14.9 Å². The summed E-state index contributed by atoms with van der Waals surface area (Å²) in [7, 11) is 0. The van der Waals surface area contributed by atoms with Crippen LogP contribution in [-0.2, 0) is 6.42 Å². The number of carbonyl (C=O) groups excluding carboxylic acids is 1. The third kappa shape index (κ3) is 4.46. The largest absolute Gasteiger partial charge is 0.396 e. The summed E-state index contributed by atoms with van der Waals surface area (Å²) in [5.74, 6) is 0.717. The van der Waals surface area contributed by atoms with E-state index in [1.165, 1.54) is 5.56 Å². The summed E-state index contributed by atoms with van der Waals surface area (Å²) in [6.07, 6.45) is 8.26.